The quantitative estimate of drug-likeness (QED) is 0.787. The smallest absolute Gasteiger partial charge is 0.321 e. The monoisotopic (exact) mass is 347 g/mol. The molecule has 4 rings (SSSR count). The zero-order chi connectivity index (χ0) is 17.8. The van der Waals surface area contributed by atoms with Gasteiger partial charge in [-0.3, -0.25) is 4.57 Å². The van der Waals surface area contributed by atoms with Crippen LogP contribution in [0.3, 0.4) is 0 Å². The summed E-state index contributed by atoms with van der Waals surface area (Å²) in [5.41, 5.74) is 1.88. The molecule has 132 valence electrons. The van der Waals surface area contributed by atoms with Crippen LogP contribution in [0.5, 0.6) is 0 Å². The fraction of sp³-hybridized carbons (Fsp3) is 0.250. The summed E-state index contributed by atoms with van der Waals surface area (Å²) in [6.45, 7) is 1.50. The fourth-order valence-electron chi connectivity index (χ4n) is 3.37. The normalized spacial score (nSPS) is 16.6. The van der Waals surface area contributed by atoms with E-state index < -0.39 is 0 Å². The molecule has 0 saturated carbocycles. The molecule has 0 radical (unpaired) electrons. The van der Waals surface area contributed by atoms with Gasteiger partial charge in [0.05, 0.1) is 0 Å². The summed E-state index contributed by atoms with van der Waals surface area (Å²) < 4.78 is 2.02. The van der Waals surface area contributed by atoms with Gasteiger partial charge >= 0.3 is 6.03 Å². The number of para-hydroxylation sites is 2. The lowest BCUT2D eigenvalue weighted by atomic mass is 10.0. The number of hydrogen-bond donors (Lipinski definition) is 1. The van der Waals surface area contributed by atoms with E-state index in [1.807, 2.05) is 70.1 Å². The summed E-state index contributed by atoms with van der Waals surface area (Å²) in [7, 11) is 0. The van der Waals surface area contributed by atoms with Crippen LogP contribution in [0.15, 0.2) is 67.0 Å². The maximum atomic E-state index is 12.4. The van der Waals surface area contributed by atoms with E-state index in [9.17, 15) is 4.79 Å². The highest BCUT2D eigenvalue weighted by molar-refractivity contribution is 5.89. The van der Waals surface area contributed by atoms with E-state index in [1.165, 1.54) is 0 Å². The molecule has 1 aliphatic heterocycles. The van der Waals surface area contributed by atoms with Crippen molar-refractivity contribution in [3.05, 3.63) is 72.8 Å². The number of aromatic nitrogens is 3. The largest absolute Gasteiger partial charge is 0.324 e. The van der Waals surface area contributed by atoms with Crippen molar-refractivity contribution in [1.82, 2.24) is 19.7 Å². The molecular formula is C20H21N5O. The third kappa shape index (κ3) is 3.59. The van der Waals surface area contributed by atoms with Gasteiger partial charge in [0.2, 0.25) is 0 Å². The standard InChI is InChI=1S/C20H21N5O/c26-20(22-17-7-3-1-4-8-17)24-12-11-16(14-24)13-19-23-21-15-25(19)18-9-5-2-6-10-18/h1-10,15-16H,11-14H2,(H,22,26). The van der Waals surface area contributed by atoms with Crippen molar-refractivity contribution in [1.29, 1.82) is 0 Å². The van der Waals surface area contributed by atoms with Crippen LogP contribution in [-0.4, -0.2) is 38.8 Å². The maximum absolute atomic E-state index is 12.4. The SMILES string of the molecule is O=C(Nc1ccccc1)N1CCC(Cc2nncn2-c2ccccc2)C1. The van der Waals surface area contributed by atoms with Crippen molar-refractivity contribution in [2.75, 3.05) is 18.4 Å². The molecular weight excluding hydrogens is 326 g/mol. The van der Waals surface area contributed by atoms with Gasteiger partial charge in [0.25, 0.3) is 0 Å². The lowest BCUT2D eigenvalue weighted by Gasteiger charge is -2.17. The van der Waals surface area contributed by atoms with Gasteiger partial charge in [-0.05, 0) is 36.6 Å². The van der Waals surface area contributed by atoms with Crippen molar-refractivity contribution in [3.63, 3.8) is 0 Å². The molecule has 2 amide bonds. The minimum atomic E-state index is -0.0387. The first-order chi connectivity index (χ1) is 12.8. The highest BCUT2D eigenvalue weighted by atomic mass is 16.2. The number of urea groups is 1. The van der Waals surface area contributed by atoms with Gasteiger partial charge in [-0.2, -0.15) is 0 Å². The highest BCUT2D eigenvalue weighted by Crippen LogP contribution is 2.22. The minimum Gasteiger partial charge on any atom is -0.324 e. The Morgan fingerprint density at radius 1 is 1.08 bits per heavy atom. The summed E-state index contributed by atoms with van der Waals surface area (Å²) in [6.07, 6.45) is 3.54. The summed E-state index contributed by atoms with van der Waals surface area (Å²) in [6, 6.07) is 19.6. The lowest BCUT2D eigenvalue weighted by molar-refractivity contribution is 0.220. The van der Waals surface area contributed by atoms with E-state index in [-0.39, 0.29) is 6.03 Å². The van der Waals surface area contributed by atoms with Crippen LogP contribution in [0, 0.1) is 5.92 Å². The Bertz CT molecular complexity index is 862. The van der Waals surface area contributed by atoms with Crippen LogP contribution in [-0.2, 0) is 6.42 Å². The second-order valence-corrected chi connectivity index (χ2v) is 6.55. The third-order valence-electron chi connectivity index (χ3n) is 4.72. The Labute approximate surface area is 152 Å². The molecule has 1 aromatic heterocycles. The van der Waals surface area contributed by atoms with E-state index in [0.29, 0.717) is 5.92 Å². The predicted octanol–water partition coefficient (Wildman–Crippen LogP) is 3.36. The van der Waals surface area contributed by atoms with Crippen LogP contribution in [0.4, 0.5) is 10.5 Å². The van der Waals surface area contributed by atoms with Gasteiger partial charge in [-0.15, -0.1) is 10.2 Å². The second kappa shape index (κ2) is 7.39. The zero-order valence-electron chi connectivity index (χ0n) is 14.5. The van der Waals surface area contributed by atoms with Gasteiger partial charge in [-0.25, -0.2) is 4.79 Å². The molecule has 1 fully saturated rings. The van der Waals surface area contributed by atoms with E-state index >= 15 is 0 Å². The number of amides is 2. The van der Waals surface area contributed by atoms with E-state index in [1.54, 1.807) is 6.33 Å². The molecule has 1 saturated heterocycles. The number of likely N-dealkylation sites (tertiary alicyclic amines) is 1. The number of nitrogens with zero attached hydrogens (tertiary/aromatic N) is 4. The number of carbonyl (C=O) groups is 1. The Kier molecular flexibility index (Phi) is 4.64. The number of carbonyl (C=O) groups excluding carboxylic acids is 1. The van der Waals surface area contributed by atoms with Crippen molar-refractivity contribution < 1.29 is 4.79 Å². The average Bonchev–Trinajstić information content (AvgIpc) is 3.33. The lowest BCUT2D eigenvalue weighted by Crippen LogP contribution is -2.33. The number of benzene rings is 2. The molecule has 2 heterocycles. The zero-order valence-corrected chi connectivity index (χ0v) is 14.5. The first-order valence-corrected chi connectivity index (χ1v) is 8.85. The summed E-state index contributed by atoms with van der Waals surface area (Å²) in [5, 5.41) is 11.3. The number of anilines is 1. The van der Waals surface area contributed by atoms with Crippen molar-refractivity contribution in [2.45, 2.75) is 12.8 Å². The Morgan fingerprint density at radius 2 is 1.81 bits per heavy atom. The van der Waals surface area contributed by atoms with Crippen LogP contribution < -0.4 is 5.32 Å². The Balaban J connectivity index is 1.38. The second-order valence-electron chi connectivity index (χ2n) is 6.55. The number of nitrogens with one attached hydrogen (secondary N) is 1. The average molecular weight is 347 g/mol. The predicted molar refractivity (Wildman–Crippen MR) is 100 cm³/mol. The molecule has 1 atom stereocenters. The number of hydrogen-bond acceptors (Lipinski definition) is 3. The summed E-state index contributed by atoms with van der Waals surface area (Å²) in [5.74, 6) is 1.33. The molecule has 0 spiro atoms. The summed E-state index contributed by atoms with van der Waals surface area (Å²) >= 11 is 0. The maximum Gasteiger partial charge on any atom is 0.321 e. The molecule has 0 aliphatic carbocycles. The van der Waals surface area contributed by atoms with Gasteiger partial charge in [-0.1, -0.05) is 36.4 Å². The topological polar surface area (TPSA) is 63.1 Å². The Morgan fingerprint density at radius 3 is 2.58 bits per heavy atom. The van der Waals surface area contributed by atoms with Gasteiger partial charge in [0.1, 0.15) is 12.2 Å². The van der Waals surface area contributed by atoms with E-state index in [0.717, 1.165) is 43.1 Å². The van der Waals surface area contributed by atoms with Crippen LogP contribution in [0.2, 0.25) is 0 Å². The fourth-order valence-corrected chi connectivity index (χ4v) is 3.37. The van der Waals surface area contributed by atoms with Crippen molar-refractivity contribution >= 4 is 11.7 Å². The molecule has 26 heavy (non-hydrogen) atoms. The summed E-state index contributed by atoms with van der Waals surface area (Å²) in [4.78, 5) is 14.3. The van der Waals surface area contributed by atoms with Crippen molar-refractivity contribution in [2.24, 2.45) is 5.92 Å². The van der Waals surface area contributed by atoms with E-state index in [2.05, 4.69) is 15.5 Å². The van der Waals surface area contributed by atoms with Gasteiger partial charge in [0.15, 0.2) is 0 Å². The molecule has 1 N–H and O–H groups in total. The molecule has 2 aromatic carbocycles. The van der Waals surface area contributed by atoms with Crippen LogP contribution >= 0.6 is 0 Å². The molecule has 1 aliphatic rings. The first kappa shape index (κ1) is 16.3. The molecule has 3 aromatic rings. The van der Waals surface area contributed by atoms with E-state index in [4.69, 9.17) is 0 Å². The molecule has 6 nitrogen and oxygen atoms in total. The van der Waals surface area contributed by atoms with Gasteiger partial charge < -0.3 is 10.2 Å². The molecule has 6 heteroatoms. The van der Waals surface area contributed by atoms with Crippen molar-refractivity contribution in [3.8, 4) is 5.69 Å². The molecule has 1 unspecified atom stereocenters. The van der Waals surface area contributed by atoms with Crippen LogP contribution in [0.1, 0.15) is 12.2 Å². The number of rotatable bonds is 4. The van der Waals surface area contributed by atoms with Crippen LogP contribution in [0.25, 0.3) is 5.69 Å². The third-order valence-corrected chi connectivity index (χ3v) is 4.72. The Hall–Kier alpha value is -3.15. The highest BCUT2D eigenvalue weighted by Gasteiger charge is 2.27. The molecule has 0 bridgehead atoms. The van der Waals surface area contributed by atoms with Gasteiger partial charge in [0, 0.05) is 30.9 Å². The first-order valence-electron chi connectivity index (χ1n) is 8.85. The minimum absolute atomic E-state index is 0.0387.